The molecule has 0 saturated carbocycles. The Balaban J connectivity index is 2.17. The predicted octanol–water partition coefficient (Wildman–Crippen LogP) is 1.28. The number of hydrogen-bond acceptors (Lipinski definition) is 5. The molecule has 0 fully saturated rings. The number of hydrogen-bond donors (Lipinski definition) is 0. The third-order valence-corrected chi connectivity index (χ3v) is 2.03. The van der Waals surface area contributed by atoms with E-state index in [0.717, 1.165) is 0 Å². The molecule has 2 heterocycles. The predicted molar refractivity (Wildman–Crippen MR) is 55.0 cm³/mol. The fraction of sp³-hybridized carbons (Fsp3) is 0.125. The van der Waals surface area contributed by atoms with Crippen LogP contribution in [-0.4, -0.2) is 24.7 Å². The zero-order chi connectivity index (χ0) is 11.5. The third kappa shape index (κ3) is 2.31. The van der Waals surface area contributed by atoms with Crippen LogP contribution in [0, 0.1) is 10.1 Å². The molecule has 0 N–H and O–H groups in total. The van der Waals surface area contributed by atoms with Crippen molar-refractivity contribution >= 4 is 17.5 Å². The Hall–Kier alpha value is -2.02. The molecule has 0 unspecified atom stereocenters. The van der Waals surface area contributed by atoms with Gasteiger partial charge in [-0.1, -0.05) is 16.6 Å². The first-order valence-electron chi connectivity index (χ1n) is 4.29. The minimum atomic E-state index is -0.651. The molecule has 16 heavy (non-hydrogen) atoms. The topological polar surface area (TPSA) is 86.7 Å². The number of aromatic nitrogens is 4. The van der Waals surface area contributed by atoms with Gasteiger partial charge in [0.25, 0.3) is 0 Å². The van der Waals surface area contributed by atoms with E-state index in [2.05, 4.69) is 15.1 Å². The Kier molecular flexibility index (Phi) is 2.78. The molecule has 0 amide bonds. The third-order valence-electron chi connectivity index (χ3n) is 1.79. The van der Waals surface area contributed by atoms with Crippen LogP contribution >= 0.6 is 11.6 Å². The molecule has 0 saturated heterocycles. The maximum Gasteiger partial charge on any atom is 0.490 e. The van der Waals surface area contributed by atoms with E-state index in [1.165, 1.54) is 11.0 Å². The zero-order valence-corrected chi connectivity index (χ0v) is 8.70. The normalized spacial score (nSPS) is 10.3. The van der Waals surface area contributed by atoms with E-state index in [4.69, 9.17) is 11.6 Å². The smallest absolute Gasteiger partial charge is 0.390 e. The van der Waals surface area contributed by atoms with Crippen LogP contribution in [0.1, 0.15) is 5.69 Å². The van der Waals surface area contributed by atoms with Crippen LogP contribution in [0.25, 0.3) is 0 Å². The van der Waals surface area contributed by atoms with Crippen molar-refractivity contribution in [2.45, 2.75) is 6.54 Å². The number of rotatable bonds is 3. The first-order chi connectivity index (χ1) is 7.65. The molecule has 0 radical (unpaired) electrons. The summed E-state index contributed by atoms with van der Waals surface area (Å²) in [6.07, 6.45) is 2.84. The molecule has 0 aliphatic heterocycles. The van der Waals surface area contributed by atoms with Gasteiger partial charge in [0.2, 0.25) is 6.33 Å². The first-order valence-corrected chi connectivity index (χ1v) is 4.67. The van der Waals surface area contributed by atoms with E-state index in [-0.39, 0.29) is 0 Å². The van der Waals surface area contributed by atoms with E-state index in [0.29, 0.717) is 17.3 Å². The second-order valence-electron chi connectivity index (χ2n) is 2.96. The Morgan fingerprint density at radius 3 is 2.94 bits per heavy atom. The Labute approximate surface area is 94.9 Å². The molecule has 0 bridgehead atoms. The second-order valence-corrected chi connectivity index (χ2v) is 3.40. The van der Waals surface area contributed by atoms with Crippen LogP contribution in [0.3, 0.4) is 0 Å². The molecule has 0 atom stereocenters. The van der Waals surface area contributed by atoms with Crippen molar-refractivity contribution in [2.24, 2.45) is 0 Å². The summed E-state index contributed by atoms with van der Waals surface area (Å²) in [6, 6.07) is 3.31. The van der Waals surface area contributed by atoms with Gasteiger partial charge < -0.3 is 10.1 Å². The highest BCUT2D eigenvalue weighted by Crippen LogP contribution is 2.09. The summed E-state index contributed by atoms with van der Waals surface area (Å²) in [6.45, 7) is 0.293. The summed E-state index contributed by atoms with van der Waals surface area (Å²) in [5, 5.41) is 14.6. The second kappa shape index (κ2) is 4.23. The summed E-state index contributed by atoms with van der Waals surface area (Å²) in [5.41, 5.74) is 0.660. The average Bonchev–Trinajstić information content (AvgIpc) is 2.66. The van der Waals surface area contributed by atoms with Gasteiger partial charge >= 0.3 is 5.95 Å². The van der Waals surface area contributed by atoms with Crippen molar-refractivity contribution in [3.63, 3.8) is 0 Å². The largest absolute Gasteiger partial charge is 0.490 e. The highest BCUT2D eigenvalue weighted by atomic mass is 35.5. The van der Waals surface area contributed by atoms with Gasteiger partial charge in [-0.25, -0.2) is 0 Å². The quantitative estimate of drug-likeness (QED) is 0.595. The Bertz CT molecular complexity index is 527. The lowest BCUT2D eigenvalue weighted by Crippen LogP contribution is -2.02. The van der Waals surface area contributed by atoms with Crippen molar-refractivity contribution in [1.82, 2.24) is 19.7 Å². The zero-order valence-electron chi connectivity index (χ0n) is 7.95. The van der Waals surface area contributed by atoms with Gasteiger partial charge in [-0.15, -0.1) is 0 Å². The maximum atomic E-state index is 10.4. The lowest BCUT2D eigenvalue weighted by atomic mass is 10.3. The minimum Gasteiger partial charge on any atom is -0.390 e. The lowest BCUT2D eigenvalue weighted by molar-refractivity contribution is -0.394. The van der Waals surface area contributed by atoms with Crippen LogP contribution in [-0.2, 0) is 6.54 Å². The maximum absolute atomic E-state index is 10.4. The summed E-state index contributed by atoms with van der Waals surface area (Å²) < 4.78 is 1.33. The fourth-order valence-electron chi connectivity index (χ4n) is 1.15. The number of halogens is 1. The van der Waals surface area contributed by atoms with E-state index in [1.807, 2.05) is 0 Å². The molecule has 0 aromatic carbocycles. The summed E-state index contributed by atoms with van der Waals surface area (Å²) in [5.74, 6) is -0.429. The van der Waals surface area contributed by atoms with Crippen molar-refractivity contribution in [3.8, 4) is 0 Å². The number of nitro groups is 1. The van der Waals surface area contributed by atoms with Crippen LogP contribution in [0.2, 0.25) is 5.02 Å². The number of nitrogens with zero attached hydrogens (tertiary/aromatic N) is 5. The molecule has 8 heteroatoms. The standard InChI is InChI=1S/C8H6ClN5O2/c9-6-1-2-10-7(3-6)4-13-5-11-8(12-13)14(15)16/h1-3,5H,4H2. The van der Waals surface area contributed by atoms with Crippen LogP contribution in [0.15, 0.2) is 24.7 Å². The van der Waals surface area contributed by atoms with Gasteiger partial charge in [-0.3, -0.25) is 4.98 Å². The van der Waals surface area contributed by atoms with Gasteiger partial charge in [-0.05, 0) is 17.1 Å². The highest BCUT2D eigenvalue weighted by molar-refractivity contribution is 6.30. The van der Waals surface area contributed by atoms with Crippen molar-refractivity contribution < 1.29 is 4.92 Å². The summed E-state index contributed by atoms with van der Waals surface area (Å²) in [4.78, 5) is 17.3. The average molecular weight is 240 g/mol. The molecular formula is C8H6ClN5O2. The minimum absolute atomic E-state index is 0.293. The van der Waals surface area contributed by atoms with Gasteiger partial charge in [0, 0.05) is 16.3 Å². The number of pyridine rings is 1. The van der Waals surface area contributed by atoms with Crippen LogP contribution in [0.4, 0.5) is 5.95 Å². The molecule has 0 spiro atoms. The first kappa shape index (κ1) is 10.5. The van der Waals surface area contributed by atoms with Crippen LogP contribution < -0.4 is 0 Å². The van der Waals surface area contributed by atoms with Crippen molar-refractivity contribution in [2.75, 3.05) is 0 Å². The van der Waals surface area contributed by atoms with Gasteiger partial charge in [0.15, 0.2) is 0 Å². The van der Waals surface area contributed by atoms with Gasteiger partial charge in [0.05, 0.1) is 5.69 Å². The highest BCUT2D eigenvalue weighted by Gasteiger charge is 2.13. The molecule has 0 aliphatic carbocycles. The van der Waals surface area contributed by atoms with Gasteiger partial charge in [0.1, 0.15) is 6.54 Å². The summed E-state index contributed by atoms with van der Waals surface area (Å²) >= 11 is 5.77. The molecular weight excluding hydrogens is 234 g/mol. The van der Waals surface area contributed by atoms with Crippen LogP contribution in [0.5, 0.6) is 0 Å². The monoisotopic (exact) mass is 239 g/mol. The van der Waals surface area contributed by atoms with E-state index < -0.39 is 10.9 Å². The van der Waals surface area contributed by atoms with E-state index >= 15 is 0 Å². The molecule has 2 aromatic rings. The lowest BCUT2D eigenvalue weighted by Gasteiger charge is -1.97. The van der Waals surface area contributed by atoms with Crippen molar-refractivity contribution in [1.29, 1.82) is 0 Å². The van der Waals surface area contributed by atoms with Crippen molar-refractivity contribution in [3.05, 3.63) is 45.5 Å². The fourth-order valence-corrected chi connectivity index (χ4v) is 1.33. The molecule has 0 aliphatic rings. The Morgan fingerprint density at radius 1 is 1.50 bits per heavy atom. The van der Waals surface area contributed by atoms with E-state index in [9.17, 15) is 10.1 Å². The summed E-state index contributed by atoms with van der Waals surface area (Å²) in [7, 11) is 0. The van der Waals surface area contributed by atoms with E-state index in [1.54, 1.807) is 18.3 Å². The molecule has 82 valence electrons. The molecule has 7 nitrogen and oxygen atoms in total. The SMILES string of the molecule is O=[N+]([O-])c1ncn(Cc2cc(Cl)ccn2)n1. The Morgan fingerprint density at radius 2 is 2.31 bits per heavy atom. The molecule has 2 aromatic heterocycles. The van der Waals surface area contributed by atoms with Gasteiger partial charge in [-0.2, -0.15) is 4.68 Å². The molecule has 2 rings (SSSR count).